The summed E-state index contributed by atoms with van der Waals surface area (Å²) in [5.41, 5.74) is 1.81. The van der Waals surface area contributed by atoms with Crippen molar-refractivity contribution in [2.75, 3.05) is 44.2 Å². The van der Waals surface area contributed by atoms with Gasteiger partial charge in [0.2, 0.25) is 0 Å². The van der Waals surface area contributed by atoms with Crippen molar-refractivity contribution in [1.82, 2.24) is 14.9 Å². The normalized spacial score (nSPS) is 16.3. The van der Waals surface area contributed by atoms with Gasteiger partial charge >= 0.3 is 5.97 Å². The molecule has 0 radical (unpaired) electrons. The topological polar surface area (TPSA) is 82.3 Å². The van der Waals surface area contributed by atoms with Crippen LogP contribution in [0.15, 0.2) is 24.3 Å². The average molecular weight is 353 g/mol. The van der Waals surface area contributed by atoms with Gasteiger partial charge in [-0.1, -0.05) is 19.1 Å². The van der Waals surface area contributed by atoms with Crippen molar-refractivity contribution < 1.29 is 9.53 Å². The molecule has 1 atom stereocenters. The molecular formula is C19H23N5O2. The summed E-state index contributed by atoms with van der Waals surface area (Å²) < 4.78 is 5.08. The Morgan fingerprint density at radius 1 is 1.19 bits per heavy atom. The zero-order chi connectivity index (χ0) is 18.5. The third-order valence-electron chi connectivity index (χ3n) is 4.62. The first kappa shape index (κ1) is 18.1. The molecule has 0 bridgehead atoms. The smallest absolute Gasteiger partial charge is 0.329 e. The summed E-state index contributed by atoms with van der Waals surface area (Å²) in [5.74, 6) is -1.04. The Kier molecular flexibility index (Phi) is 5.64. The molecule has 1 unspecified atom stereocenters. The fraction of sp³-hybridized carbons (Fsp3) is 0.474. The summed E-state index contributed by atoms with van der Waals surface area (Å²) in [6.45, 7) is 8.51. The lowest BCUT2D eigenvalue weighted by atomic mass is 10.1. The van der Waals surface area contributed by atoms with Crippen LogP contribution in [-0.4, -0.2) is 60.2 Å². The number of aromatic nitrogens is 2. The number of ether oxygens (including phenoxy) is 1. The van der Waals surface area contributed by atoms with Crippen LogP contribution in [0.3, 0.4) is 0 Å². The van der Waals surface area contributed by atoms with Crippen LogP contribution in [0.1, 0.15) is 25.5 Å². The third kappa shape index (κ3) is 3.60. The minimum absolute atomic E-state index is 0.225. The molecule has 7 nitrogen and oxygen atoms in total. The molecule has 1 aromatic heterocycles. The van der Waals surface area contributed by atoms with E-state index in [1.165, 1.54) is 0 Å². The number of hydrogen-bond donors (Lipinski definition) is 0. The number of anilines is 1. The number of benzene rings is 1. The van der Waals surface area contributed by atoms with Crippen LogP contribution in [0.2, 0.25) is 0 Å². The van der Waals surface area contributed by atoms with Crippen molar-refractivity contribution in [2.24, 2.45) is 0 Å². The van der Waals surface area contributed by atoms with Gasteiger partial charge in [-0.3, -0.25) is 4.79 Å². The summed E-state index contributed by atoms with van der Waals surface area (Å²) in [7, 11) is 0. The number of nitriles is 1. The summed E-state index contributed by atoms with van der Waals surface area (Å²) in [6, 6.07) is 9.56. The van der Waals surface area contributed by atoms with Gasteiger partial charge in [0.05, 0.1) is 23.7 Å². The molecule has 2 heterocycles. The molecule has 136 valence electrons. The van der Waals surface area contributed by atoms with Gasteiger partial charge in [-0.25, -0.2) is 9.97 Å². The van der Waals surface area contributed by atoms with Crippen molar-refractivity contribution in [1.29, 1.82) is 5.26 Å². The first-order chi connectivity index (χ1) is 12.7. The maximum absolute atomic E-state index is 12.3. The van der Waals surface area contributed by atoms with E-state index in [9.17, 15) is 10.1 Å². The largest absolute Gasteiger partial charge is 0.465 e. The van der Waals surface area contributed by atoms with Gasteiger partial charge in [0.1, 0.15) is 5.69 Å². The molecule has 1 aliphatic heterocycles. The van der Waals surface area contributed by atoms with E-state index in [-0.39, 0.29) is 6.61 Å². The monoisotopic (exact) mass is 353 g/mol. The van der Waals surface area contributed by atoms with Gasteiger partial charge in [0.25, 0.3) is 0 Å². The second-order valence-corrected chi connectivity index (χ2v) is 6.16. The second kappa shape index (κ2) is 8.11. The van der Waals surface area contributed by atoms with Crippen molar-refractivity contribution in [2.45, 2.75) is 19.8 Å². The summed E-state index contributed by atoms with van der Waals surface area (Å²) in [5, 5.41) is 9.61. The standard InChI is InChI=1S/C19H23N5O2/c1-3-23-9-11-24(12-10-23)18-17(14(13-20)19(25)26-4-2)21-15-7-5-6-8-16(15)22-18/h5-8,14H,3-4,9-12H2,1-2H3. The van der Waals surface area contributed by atoms with E-state index in [0.29, 0.717) is 17.0 Å². The van der Waals surface area contributed by atoms with E-state index in [4.69, 9.17) is 9.72 Å². The van der Waals surface area contributed by atoms with Gasteiger partial charge in [-0.2, -0.15) is 5.26 Å². The second-order valence-electron chi connectivity index (χ2n) is 6.16. The molecule has 1 fully saturated rings. The number of esters is 1. The zero-order valence-electron chi connectivity index (χ0n) is 15.2. The van der Waals surface area contributed by atoms with Crippen molar-refractivity contribution >= 4 is 22.8 Å². The van der Waals surface area contributed by atoms with Crippen molar-refractivity contribution in [3.05, 3.63) is 30.0 Å². The lowest BCUT2D eigenvalue weighted by Crippen LogP contribution is -2.47. The number of likely N-dealkylation sites (N-methyl/N-ethyl adjacent to an activating group) is 1. The first-order valence-corrected chi connectivity index (χ1v) is 8.98. The third-order valence-corrected chi connectivity index (χ3v) is 4.62. The van der Waals surface area contributed by atoms with E-state index in [0.717, 1.165) is 38.2 Å². The maximum Gasteiger partial charge on any atom is 0.329 e. The molecule has 1 saturated heterocycles. The van der Waals surface area contributed by atoms with Crippen LogP contribution in [0.5, 0.6) is 0 Å². The van der Waals surface area contributed by atoms with Gasteiger partial charge in [-0.05, 0) is 25.6 Å². The number of fused-ring (bicyclic) bond motifs is 1. The molecule has 26 heavy (non-hydrogen) atoms. The quantitative estimate of drug-likeness (QED) is 0.760. The highest BCUT2D eigenvalue weighted by Gasteiger charge is 2.30. The highest BCUT2D eigenvalue weighted by Crippen LogP contribution is 2.28. The highest BCUT2D eigenvalue weighted by molar-refractivity contribution is 5.85. The summed E-state index contributed by atoms with van der Waals surface area (Å²) in [4.78, 5) is 26.1. The minimum Gasteiger partial charge on any atom is -0.465 e. The van der Waals surface area contributed by atoms with E-state index in [1.807, 2.05) is 24.3 Å². The Bertz CT molecular complexity index is 824. The Balaban J connectivity index is 2.04. The average Bonchev–Trinajstić information content (AvgIpc) is 2.68. The van der Waals surface area contributed by atoms with Gasteiger partial charge < -0.3 is 14.5 Å². The Morgan fingerprint density at radius 2 is 1.85 bits per heavy atom. The fourth-order valence-electron chi connectivity index (χ4n) is 3.16. The number of carbonyl (C=O) groups is 1. The van der Waals surface area contributed by atoms with Crippen molar-refractivity contribution in [3.8, 4) is 6.07 Å². The van der Waals surface area contributed by atoms with Crippen LogP contribution < -0.4 is 4.90 Å². The fourth-order valence-corrected chi connectivity index (χ4v) is 3.16. The van der Waals surface area contributed by atoms with E-state index < -0.39 is 11.9 Å². The molecule has 1 aliphatic rings. The number of piperazine rings is 1. The molecule has 0 saturated carbocycles. The zero-order valence-corrected chi connectivity index (χ0v) is 15.2. The number of nitrogens with zero attached hydrogens (tertiary/aromatic N) is 5. The number of carbonyl (C=O) groups excluding carboxylic acids is 1. The number of para-hydroxylation sites is 2. The number of rotatable bonds is 5. The summed E-state index contributed by atoms with van der Waals surface area (Å²) in [6.07, 6.45) is 0. The minimum atomic E-state index is -1.08. The van der Waals surface area contributed by atoms with Gasteiger partial charge in [0.15, 0.2) is 11.7 Å². The van der Waals surface area contributed by atoms with Crippen LogP contribution >= 0.6 is 0 Å². The molecule has 0 amide bonds. The lowest BCUT2D eigenvalue weighted by molar-refractivity contribution is -0.143. The number of hydrogen-bond acceptors (Lipinski definition) is 7. The predicted octanol–water partition coefficient (Wildman–Crippen LogP) is 1.94. The van der Waals surface area contributed by atoms with Gasteiger partial charge in [-0.15, -0.1) is 0 Å². The molecule has 2 aromatic rings. The van der Waals surface area contributed by atoms with Crippen molar-refractivity contribution in [3.63, 3.8) is 0 Å². The van der Waals surface area contributed by atoms with E-state index >= 15 is 0 Å². The Labute approximate surface area is 153 Å². The molecule has 7 heteroatoms. The predicted molar refractivity (Wildman–Crippen MR) is 98.9 cm³/mol. The van der Waals surface area contributed by atoms with Crippen LogP contribution in [-0.2, 0) is 9.53 Å². The van der Waals surface area contributed by atoms with Crippen LogP contribution in [0.25, 0.3) is 11.0 Å². The Morgan fingerprint density at radius 3 is 2.42 bits per heavy atom. The maximum atomic E-state index is 12.3. The first-order valence-electron chi connectivity index (χ1n) is 8.98. The molecule has 0 N–H and O–H groups in total. The van der Waals surface area contributed by atoms with Crippen LogP contribution in [0, 0.1) is 11.3 Å². The highest BCUT2D eigenvalue weighted by atomic mass is 16.5. The molecule has 0 aliphatic carbocycles. The van der Waals surface area contributed by atoms with Gasteiger partial charge in [0, 0.05) is 26.2 Å². The van der Waals surface area contributed by atoms with E-state index in [2.05, 4.69) is 27.8 Å². The molecular weight excluding hydrogens is 330 g/mol. The molecule has 1 aromatic carbocycles. The molecule has 0 spiro atoms. The Hall–Kier alpha value is -2.72. The lowest BCUT2D eigenvalue weighted by Gasteiger charge is -2.35. The summed E-state index contributed by atoms with van der Waals surface area (Å²) >= 11 is 0. The van der Waals surface area contributed by atoms with Crippen LogP contribution in [0.4, 0.5) is 5.82 Å². The molecule has 3 rings (SSSR count). The SMILES string of the molecule is CCOC(=O)C(C#N)c1nc2ccccc2nc1N1CCN(CC)CC1. The van der Waals surface area contributed by atoms with E-state index in [1.54, 1.807) is 6.92 Å².